The lowest BCUT2D eigenvalue weighted by atomic mass is 10.1. The highest BCUT2D eigenvalue weighted by Gasteiger charge is 2.20. The largest absolute Gasteiger partial charge is 0.316 e. The molecule has 1 unspecified atom stereocenters. The normalized spacial score (nSPS) is 21.5. The Morgan fingerprint density at radius 1 is 1.31 bits per heavy atom. The van der Waals surface area contributed by atoms with Gasteiger partial charge >= 0.3 is 0 Å². The van der Waals surface area contributed by atoms with Gasteiger partial charge in [0.05, 0.1) is 0 Å². The molecule has 16 heavy (non-hydrogen) atoms. The average molecular weight is 218 g/mol. The summed E-state index contributed by atoms with van der Waals surface area (Å²) in [5.74, 6) is 0. The van der Waals surface area contributed by atoms with Crippen molar-refractivity contribution in [3.63, 3.8) is 0 Å². The number of nitrogens with one attached hydrogen (secondary N) is 1. The lowest BCUT2D eigenvalue weighted by Crippen LogP contribution is -2.29. The van der Waals surface area contributed by atoms with E-state index in [0.29, 0.717) is 6.04 Å². The van der Waals surface area contributed by atoms with E-state index in [9.17, 15) is 0 Å². The number of aryl methyl sites for hydroxylation is 1. The van der Waals surface area contributed by atoms with Crippen LogP contribution in [0.2, 0.25) is 0 Å². The lowest BCUT2D eigenvalue weighted by molar-refractivity contribution is 0.321. The molecule has 0 radical (unpaired) electrons. The first kappa shape index (κ1) is 11.6. The molecule has 1 fully saturated rings. The van der Waals surface area contributed by atoms with Crippen LogP contribution in [0.25, 0.3) is 0 Å². The third kappa shape index (κ3) is 2.63. The molecule has 1 atom stereocenters. The minimum Gasteiger partial charge on any atom is -0.316 e. The van der Waals surface area contributed by atoms with Gasteiger partial charge in [0, 0.05) is 25.7 Å². The van der Waals surface area contributed by atoms with Crippen molar-refractivity contribution < 1.29 is 0 Å². The van der Waals surface area contributed by atoms with Crippen LogP contribution in [-0.2, 0) is 13.0 Å². The van der Waals surface area contributed by atoms with Gasteiger partial charge in [-0.25, -0.2) is 0 Å². The molecule has 2 heteroatoms. The molecule has 2 nitrogen and oxygen atoms in total. The van der Waals surface area contributed by atoms with Crippen molar-refractivity contribution in [2.45, 2.75) is 32.4 Å². The molecular weight excluding hydrogens is 196 g/mol. The molecule has 1 aromatic carbocycles. The van der Waals surface area contributed by atoms with Crippen molar-refractivity contribution in [3.05, 3.63) is 35.4 Å². The number of rotatable bonds is 4. The van der Waals surface area contributed by atoms with Crippen LogP contribution in [0, 0.1) is 0 Å². The Kier molecular flexibility index (Phi) is 3.97. The minimum atomic E-state index is 0.689. The molecule has 2 rings (SSSR count). The Labute approximate surface area is 98.7 Å². The molecular formula is C14H22N2. The average Bonchev–Trinajstić information content (AvgIpc) is 2.77. The zero-order valence-electron chi connectivity index (χ0n) is 10.4. The number of likely N-dealkylation sites (N-methyl/N-ethyl adjacent to an activating group) is 1. The molecule has 0 aromatic heterocycles. The zero-order chi connectivity index (χ0) is 11.4. The van der Waals surface area contributed by atoms with E-state index in [1.54, 1.807) is 0 Å². The van der Waals surface area contributed by atoms with Gasteiger partial charge in [-0.3, -0.25) is 4.90 Å². The number of likely N-dealkylation sites (tertiary alicyclic amines) is 1. The summed E-state index contributed by atoms with van der Waals surface area (Å²) in [6.45, 7) is 5.76. The van der Waals surface area contributed by atoms with Crippen LogP contribution < -0.4 is 5.32 Å². The Balaban J connectivity index is 1.99. The molecule has 1 aliphatic heterocycles. The van der Waals surface area contributed by atoms with Gasteiger partial charge in [0.2, 0.25) is 0 Å². The fraction of sp³-hybridized carbons (Fsp3) is 0.571. The van der Waals surface area contributed by atoms with Crippen molar-refractivity contribution in [3.8, 4) is 0 Å². The van der Waals surface area contributed by atoms with Crippen molar-refractivity contribution in [1.29, 1.82) is 0 Å². The van der Waals surface area contributed by atoms with E-state index < -0.39 is 0 Å². The first-order valence-electron chi connectivity index (χ1n) is 6.30. The van der Waals surface area contributed by atoms with Gasteiger partial charge in [-0.2, -0.15) is 0 Å². The fourth-order valence-electron chi connectivity index (χ4n) is 2.51. The number of hydrogen-bond donors (Lipinski definition) is 1. The molecule has 0 amide bonds. The highest BCUT2D eigenvalue weighted by atomic mass is 15.2. The van der Waals surface area contributed by atoms with Crippen LogP contribution in [0.4, 0.5) is 0 Å². The number of hydrogen-bond acceptors (Lipinski definition) is 2. The number of benzene rings is 1. The third-order valence-corrected chi connectivity index (χ3v) is 3.57. The second-order valence-corrected chi connectivity index (χ2v) is 4.63. The van der Waals surface area contributed by atoms with Gasteiger partial charge in [-0.15, -0.1) is 0 Å². The van der Waals surface area contributed by atoms with Gasteiger partial charge < -0.3 is 5.32 Å². The van der Waals surface area contributed by atoms with Crippen molar-refractivity contribution in [2.24, 2.45) is 0 Å². The van der Waals surface area contributed by atoms with E-state index in [1.165, 1.54) is 30.6 Å². The minimum absolute atomic E-state index is 0.689. The quantitative estimate of drug-likeness (QED) is 0.832. The Morgan fingerprint density at radius 2 is 2.06 bits per heavy atom. The van der Waals surface area contributed by atoms with E-state index in [0.717, 1.165) is 13.0 Å². The molecule has 0 spiro atoms. The van der Waals surface area contributed by atoms with Crippen molar-refractivity contribution >= 4 is 0 Å². The standard InChI is InChI=1S/C14H22N2/c1-3-12-6-4-5-7-13(12)10-16-9-8-14(11-16)15-2/h4-7,14-15H,3,8-11H2,1-2H3. The summed E-state index contributed by atoms with van der Waals surface area (Å²) in [6.07, 6.45) is 2.42. The summed E-state index contributed by atoms with van der Waals surface area (Å²) in [6, 6.07) is 9.50. The van der Waals surface area contributed by atoms with Gasteiger partial charge in [0.15, 0.2) is 0 Å². The second-order valence-electron chi connectivity index (χ2n) is 4.63. The van der Waals surface area contributed by atoms with E-state index in [-0.39, 0.29) is 0 Å². The molecule has 0 saturated carbocycles. The highest BCUT2D eigenvalue weighted by Crippen LogP contribution is 2.16. The Bertz CT molecular complexity index is 335. The van der Waals surface area contributed by atoms with Gasteiger partial charge in [0.25, 0.3) is 0 Å². The lowest BCUT2D eigenvalue weighted by Gasteiger charge is -2.17. The predicted octanol–water partition coefficient (Wildman–Crippen LogP) is 2.04. The van der Waals surface area contributed by atoms with E-state index in [4.69, 9.17) is 0 Å². The van der Waals surface area contributed by atoms with E-state index >= 15 is 0 Å². The summed E-state index contributed by atoms with van der Waals surface area (Å²) >= 11 is 0. The molecule has 0 bridgehead atoms. The number of nitrogens with zero attached hydrogens (tertiary/aromatic N) is 1. The highest BCUT2D eigenvalue weighted by molar-refractivity contribution is 5.27. The maximum atomic E-state index is 3.37. The van der Waals surface area contributed by atoms with Gasteiger partial charge in [-0.1, -0.05) is 31.2 Å². The van der Waals surface area contributed by atoms with E-state index in [1.807, 2.05) is 0 Å². The summed E-state index contributed by atoms with van der Waals surface area (Å²) in [5.41, 5.74) is 3.00. The Morgan fingerprint density at radius 3 is 2.69 bits per heavy atom. The topological polar surface area (TPSA) is 15.3 Å². The molecule has 1 aromatic rings. The third-order valence-electron chi connectivity index (χ3n) is 3.57. The smallest absolute Gasteiger partial charge is 0.0237 e. The molecule has 1 N–H and O–H groups in total. The maximum Gasteiger partial charge on any atom is 0.0237 e. The molecule has 1 saturated heterocycles. The Hall–Kier alpha value is -0.860. The fourth-order valence-corrected chi connectivity index (χ4v) is 2.51. The molecule has 0 aliphatic carbocycles. The summed E-state index contributed by atoms with van der Waals surface area (Å²) in [7, 11) is 2.06. The van der Waals surface area contributed by atoms with Crippen LogP contribution in [0.3, 0.4) is 0 Å². The monoisotopic (exact) mass is 218 g/mol. The maximum absolute atomic E-state index is 3.37. The summed E-state index contributed by atoms with van der Waals surface area (Å²) < 4.78 is 0. The van der Waals surface area contributed by atoms with Crippen molar-refractivity contribution in [1.82, 2.24) is 10.2 Å². The first-order valence-corrected chi connectivity index (χ1v) is 6.30. The van der Waals surface area contributed by atoms with Crippen LogP contribution in [0.15, 0.2) is 24.3 Å². The molecule has 1 aliphatic rings. The van der Waals surface area contributed by atoms with Crippen LogP contribution >= 0.6 is 0 Å². The molecule has 88 valence electrons. The summed E-state index contributed by atoms with van der Waals surface area (Å²) in [4.78, 5) is 2.55. The second kappa shape index (κ2) is 5.46. The predicted molar refractivity (Wildman–Crippen MR) is 68.6 cm³/mol. The van der Waals surface area contributed by atoms with Crippen LogP contribution in [-0.4, -0.2) is 31.1 Å². The van der Waals surface area contributed by atoms with Gasteiger partial charge in [-0.05, 0) is 31.0 Å². The molecule has 1 heterocycles. The SMILES string of the molecule is CCc1ccccc1CN1CCC(NC)C1. The summed E-state index contributed by atoms with van der Waals surface area (Å²) in [5, 5.41) is 3.37. The van der Waals surface area contributed by atoms with Crippen LogP contribution in [0.5, 0.6) is 0 Å². The zero-order valence-corrected chi connectivity index (χ0v) is 10.4. The van der Waals surface area contributed by atoms with Crippen LogP contribution in [0.1, 0.15) is 24.5 Å². The van der Waals surface area contributed by atoms with Crippen molar-refractivity contribution in [2.75, 3.05) is 20.1 Å². The first-order chi connectivity index (χ1) is 7.83. The van der Waals surface area contributed by atoms with E-state index in [2.05, 4.69) is 48.5 Å². The van der Waals surface area contributed by atoms with Gasteiger partial charge in [0.1, 0.15) is 0 Å².